The largest absolute Gasteiger partial charge is 0.310 e. The lowest BCUT2D eigenvalue weighted by Gasteiger charge is -2.11. The van der Waals surface area contributed by atoms with Crippen molar-refractivity contribution in [2.45, 2.75) is 32.4 Å². The van der Waals surface area contributed by atoms with Crippen LogP contribution in [0.1, 0.15) is 31.6 Å². The van der Waals surface area contributed by atoms with Gasteiger partial charge >= 0.3 is 0 Å². The van der Waals surface area contributed by atoms with E-state index in [1.54, 1.807) is 11.3 Å². The average Bonchev–Trinajstić information content (AvgIpc) is 3.31. The molecular weight excluding hydrogens is 306 g/mol. The fraction of sp³-hybridized carbons (Fsp3) is 0.333. The van der Waals surface area contributed by atoms with Gasteiger partial charge in [-0.05, 0) is 31.0 Å². The lowest BCUT2D eigenvalue weighted by molar-refractivity contribution is 0.594. The number of rotatable bonds is 5. The highest BCUT2D eigenvalue weighted by Gasteiger charge is 2.28. The molecule has 1 fully saturated rings. The zero-order valence-corrected chi connectivity index (χ0v) is 13.9. The molecule has 0 radical (unpaired) electrons. The van der Waals surface area contributed by atoms with E-state index in [1.165, 1.54) is 0 Å². The molecule has 0 saturated heterocycles. The number of fused-ring (bicyclic) bond motifs is 1. The Morgan fingerprint density at radius 2 is 2.09 bits per heavy atom. The van der Waals surface area contributed by atoms with Crippen LogP contribution >= 0.6 is 11.3 Å². The maximum atomic E-state index is 12.9. The van der Waals surface area contributed by atoms with Gasteiger partial charge in [-0.3, -0.25) is 9.36 Å². The molecule has 0 atom stereocenters. The predicted molar refractivity (Wildman–Crippen MR) is 95.0 cm³/mol. The summed E-state index contributed by atoms with van der Waals surface area (Å²) < 4.78 is 1.91. The summed E-state index contributed by atoms with van der Waals surface area (Å²) in [4.78, 5) is 19.7. The first-order valence-corrected chi connectivity index (χ1v) is 8.90. The molecule has 1 aliphatic rings. The van der Waals surface area contributed by atoms with Crippen LogP contribution in [0.2, 0.25) is 0 Å². The Bertz CT molecular complexity index is 894. The van der Waals surface area contributed by atoms with Crippen LogP contribution in [0, 0.1) is 0 Å². The minimum atomic E-state index is 0.115. The van der Waals surface area contributed by atoms with Crippen molar-refractivity contribution in [1.82, 2.24) is 14.9 Å². The van der Waals surface area contributed by atoms with Gasteiger partial charge < -0.3 is 5.32 Å². The van der Waals surface area contributed by atoms with E-state index in [0.29, 0.717) is 12.6 Å². The van der Waals surface area contributed by atoms with Gasteiger partial charge in [-0.15, -0.1) is 11.3 Å². The quantitative estimate of drug-likeness (QED) is 0.780. The Labute approximate surface area is 138 Å². The van der Waals surface area contributed by atoms with Gasteiger partial charge in [0.15, 0.2) is 0 Å². The summed E-state index contributed by atoms with van der Waals surface area (Å²) in [6.07, 6.45) is 2.17. The lowest BCUT2D eigenvalue weighted by atomic mass is 10.2. The van der Waals surface area contributed by atoms with E-state index < -0.39 is 0 Å². The van der Waals surface area contributed by atoms with Crippen molar-refractivity contribution >= 4 is 21.6 Å². The Morgan fingerprint density at radius 1 is 1.30 bits per heavy atom. The maximum Gasteiger partial charge on any atom is 0.262 e. The summed E-state index contributed by atoms with van der Waals surface area (Å²) in [6, 6.07) is 12.5. The van der Waals surface area contributed by atoms with Gasteiger partial charge in [-0.1, -0.05) is 37.3 Å². The van der Waals surface area contributed by atoms with Crippen molar-refractivity contribution < 1.29 is 0 Å². The van der Waals surface area contributed by atoms with E-state index in [1.807, 2.05) is 28.8 Å². The van der Waals surface area contributed by atoms with Crippen molar-refractivity contribution in [2.24, 2.45) is 0 Å². The minimum Gasteiger partial charge on any atom is -0.310 e. The molecule has 118 valence electrons. The van der Waals surface area contributed by atoms with Crippen LogP contribution in [0.3, 0.4) is 0 Å². The molecule has 23 heavy (non-hydrogen) atoms. The molecule has 2 aromatic heterocycles. The Kier molecular flexibility index (Phi) is 3.75. The summed E-state index contributed by atoms with van der Waals surface area (Å²) in [5, 5.41) is 4.05. The molecule has 1 saturated carbocycles. The fourth-order valence-electron chi connectivity index (χ4n) is 2.85. The van der Waals surface area contributed by atoms with Crippen LogP contribution in [0.15, 0.2) is 41.2 Å². The highest BCUT2D eigenvalue weighted by molar-refractivity contribution is 7.21. The summed E-state index contributed by atoms with van der Waals surface area (Å²) in [5.41, 5.74) is 1.25. The summed E-state index contributed by atoms with van der Waals surface area (Å²) in [7, 11) is 0. The van der Waals surface area contributed by atoms with Crippen molar-refractivity contribution in [3.63, 3.8) is 0 Å². The van der Waals surface area contributed by atoms with E-state index in [-0.39, 0.29) is 5.56 Å². The van der Waals surface area contributed by atoms with Crippen LogP contribution in [0.5, 0.6) is 0 Å². The topological polar surface area (TPSA) is 46.9 Å². The fourth-order valence-corrected chi connectivity index (χ4v) is 3.90. The monoisotopic (exact) mass is 325 g/mol. The SMILES string of the molecule is CCNCc1nc2sc(-c3ccccc3)cc2c(=O)n1C1CC1. The minimum absolute atomic E-state index is 0.115. The predicted octanol–water partition coefficient (Wildman–Crippen LogP) is 3.57. The highest BCUT2D eigenvalue weighted by Crippen LogP contribution is 2.36. The molecule has 0 spiro atoms. The molecular formula is C18H19N3OS. The Morgan fingerprint density at radius 3 is 2.78 bits per heavy atom. The first kappa shape index (κ1) is 14.6. The van der Waals surface area contributed by atoms with Crippen LogP contribution in [0.4, 0.5) is 0 Å². The number of thiophene rings is 1. The van der Waals surface area contributed by atoms with Crippen LogP contribution in [-0.2, 0) is 6.54 Å². The Hall–Kier alpha value is -1.98. The van der Waals surface area contributed by atoms with Crippen LogP contribution in [-0.4, -0.2) is 16.1 Å². The van der Waals surface area contributed by atoms with E-state index in [0.717, 1.165) is 45.9 Å². The number of hydrogen-bond acceptors (Lipinski definition) is 4. The highest BCUT2D eigenvalue weighted by atomic mass is 32.1. The molecule has 3 aromatic rings. The standard InChI is InChI=1S/C18H19N3OS/c1-2-19-11-16-20-17-14(18(22)21(16)13-8-9-13)10-15(23-17)12-6-4-3-5-7-12/h3-7,10,13,19H,2,8-9,11H2,1H3. The summed E-state index contributed by atoms with van der Waals surface area (Å²) in [5.74, 6) is 0.869. The normalized spacial score (nSPS) is 14.5. The number of hydrogen-bond donors (Lipinski definition) is 1. The maximum absolute atomic E-state index is 12.9. The van der Waals surface area contributed by atoms with E-state index >= 15 is 0 Å². The van der Waals surface area contributed by atoms with Gasteiger partial charge in [0, 0.05) is 10.9 Å². The molecule has 4 nitrogen and oxygen atoms in total. The molecule has 0 aliphatic heterocycles. The molecule has 1 aliphatic carbocycles. The van der Waals surface area contributed by atoms with Gasteiger partial charge in [-0.25, -0.2) is 4.98 Å². The van der Waals surface area contributed by atoms with Gasteiger partial charge in [-0.2, -0.15) is 0 Å². The molecule has 0 bridgehead atoms. The van der Waals surface area contributed by atoms with Gasteiger partial charge in [0.1, 0.15) is 10.7 Å². The first-order chi connectivity index (χ1) is 11.3. The van der Waals surface area contributed by atoms with Crippen molar-refractivity contribution in [3.8, 4) is 10.4 Å². The third-order valence-electron chi connectivity index (χ3n) is 4.17. The van der Waals surface area contributed by atoms with Crippen molar-refractivity contribution in [1.29, 1.82) is 0 Å². The molecule has 2 heterocycles. The molecule has 5 heteroatoms. The number of nitrogens with one attached hydrogen (secondary N) is 1. The third kappa shape index (κ3) is 2.71. The third-order valence-corrected chi connectivity index (χ3v) is 5.25. The Balaban J connectivity index is 1.87. The number of nitrogens with zero attached hydrogens (tertiary/aromatic N) is 2. The second-order valence-electron chi connectivity index (χ2n) is 5.91. The van der Waals surface area contributed by atoms with Gasteiger partial charge in [0.2, 0.25) is 0 Å². The smallest absolute Gasteiger partial charge is 0.262 e. The zero-order valence-electron chi connectivity index (χ0n) is 13.1. The molecule has 1 aromatic carbocycles. The molecule has 0 amide bonds. The van der Waals surface area contributed by atoms with Gasteiger partial charge in [0.05, 0.1) is 11.9 Å². The van der Waals surface area contributed by atoms with Crippen molar-refractivity contribution in [2.75, 3.05) is 6.54 Å². The van der Waals surface area contributed by atoms with E-state index in [9.17, 15) is 4.79 Å². The van der Waals surface area contributed by atoms with E-state index in [2.05, 4.69) is 24.4 Å². The zero-order chi connectivity index (χ0) is 15.8. The second kappa shape index (κ2) is 5.91. The van der Waals surface area contributed by atoms with Crippen LogP contribution in [0.25, 0.3) is 20.7 Å². The van der Waals surface area contributed by atoms with Crippen molar-refractivity contribution in [3.05, 3.63) is 52.6 Å². The molecule has 0 unspecified atom stereocenters. The number of benzene rings is 1. The second-order valence-corrected chi connectivity index (χ2v) is 6.94. The van der Waals surface area contributed by atoms with Crippen LogP contribution < -0.4 is 10.9 Å². The lowest BCUT2D eigenvalue weighted by Crippen LogP contribution is -2.27. The first-order valence-electron chi connectivity index (χ1n) is 8.09. The molecule has 4 rings (SSSR count). The summed E-state index contributed by atoms with van der Waals surface area (Å²) >= 11 is 1.60. The number of aromatic nitrogens is 2. The molecule has 1 N–H and O–H groups in total. The van der Waals surface area contributed by atoms with E-state index in [4.69, 9.17) is 4.98 Å². The van der Waals surface area contributed by atoms with Gasteiger partial charge in [0.25, 0.3) is 5.56 Å². The summed E-state index contributed by atoms with van der Waals surface area (Å²) in [6.45, 7) is 3.59. The average molecular weight is 325 g/mol.